The highest BCUT2D eigenvalue weighted by Crippen LogP contribution is 2.34. The highest BCUT2D eigenvalue weighted by Gasteiger charge is 2.13. The molecule has 0 bridgehead atoms. The van der Waals surface area contributed by atoms with Crippen LogP contribution in [0.3, 0.4) is 0 Å². The van der Waals surface area contributed by atoms with Crippen LogP contribution >= 0.6 is 0 Å². The van der Waals surface area contributed by atoms with Gasteiger partial charge in [0.15, 0.2) is 0 Å². The van der Waals surface area contributed by atoms with Crippen LogP contribution in [0.5, 0.6) is 0 Å². The lowest BCUT2D eigenvalue weighted by Gasteiger charge is -2.25. The first-order valence-corrected chi connectivity index (χ1v) is 11.5. The minimum atomic E-state index is 0.658. The van der Waals surface area contributed by atoms with Crippen LogP contribution in [0.4, 0.5) is 11.4 Å². The number of anilines is 2. The van der Waals surface area contributed by atoms with Crippen molar-refractivity contribution in [2.75, 3.05) is 4.90 Å². The van der Waals surface area contributed by atoms with Crippen molar-refractivity contribution in [3.05, 3.63) is 127 Å². The van der Waals surface area contributed by atoms with E-state index in [1.165, 1.54) is 0 Å². The number of ether oxygens (including phenoxy) is 1. The summed E-state index contributed by atoms with van der Waals surface area (Å²) in [4.78, 5) is 2.13. The third kappa shape index (κ3) is 4.46. The third-order valence-corrected chi connectivity index (χ3v) is 5.89. The van der Waals surface area contributed by atoms with Crippen molar-refractivity contribution in [2.45, 2.75) is 19.8 Å². The van der Waals surface area contributed by atoms with Crippen LogP contribution in [0.15, 0.2) is 126 Å². The number of hydrogen-bond acceptors (Lipinski definition) is 3. The summed E-state index contributed by atoms with van der Waals surface area (Å²) < 4.78 is 12.0. The topological polar surface area (TPSA) is 25.6 Å². The van der Waals surface area contributed by atoms with Crippen molar-refractivity contribution in [2.24, 2.45) is 0 Å². The summed E-state index contributed by atoms with van der Waals surface area (Å²) >= 11 is 0. The van der Waals surface area contributed by atoms with Crippen LogP contribution in [0, 0.1) is 0 Å². The van der Waals surface area contributed by atoms with Gasteiger partial charge in [0.05, 0.1) is 0 Å². The van der Waals surface area contributed by atoms with Crippen molar-refractivity contribution in [3.63, 3.8) is 0 Å². The lowest BCUT2D eigenvalue weighted by atomic mass is 10.1. The second-order valence-corrected chi connectivity index (χ2v) is 8.44. The van der Waals surface area contributed by atoms with Crippen molar-refractivity contribution in [3.8, 4) is 11.3 Å². The molecule has 0 saturated heterocycles. The number of furan rings is 1. The number of fused-ring (bicyclic) bond motifs is 1. The van der Waals surface area contributed by atoms with Gasteiger partial charge in [0, 0.05) is 40.0 Å². The van der Waals surface area contributed by atoms with E-state index in [1.807, 2.05) is 49.4 Å². The first-order valence-electron chi connectivity index (χ1n) is 11.5. The minimum absolute atomic E-state index is 0.658. The SMILES string of the molecule is C=C(OC1=CC=CCC1)c1ccc(N(C(=C)C)c2ccc(-c3cc4ccccc4o3)cc2)cc1. The van der Waals surface area contributed by atoms with Gasteiger partial charge in [-0.05, 0) is 80.1 Å². The summed E-state index contributed by atoms with van der Waals surface area (Å²) in [6.07, 6.45) is 8.07. The molecule has 3 nitrogen and oxygen atoms in total. The molecule has 1 heterocycles. The Bertz CT molecular complexity index is 1370. The average molecular weight is 446 g/mol. The molecule has 1 aromatic heterocycles. The standard InChI is InChI=1S/C31H27NO2/c1-22(2)32(27-17-13-24(14-18-27)23(3)33-29-10-5-4-6-11-29)28-19-15-25(16-20-28)31-21-26-9-7-8-12-30(26)34-31/h4-5,7-10,12-21H,1,3,6,11H2,2H3. The summed E-state index contributed by atoms with van der Waals surface area (Å²) in [6.45, 7) is 10.3. The fraction of sp³-hybridized carbons (Fsp3) is 0.0968. The molecule has 0 N–H and O–H groups in total. The Morgan fingerprint density at radius 3 is 2.26 bits per heavy atom. The first-order chi connectivity index (χ1) is 16.6. The molecule has 3 heteroatoms. The Labute approximate surface area is 200 Å². The molecule has 0 spiro atoms. The van der Waals surface area contributed by atoms with E-state index in [1.54, 1.807) is 0 Å². The van der Waals surface area contributed by atoms with Crippen molar-refractivity contribution in [1.82, 2.24) is 0 Å². The summed E-state index contributed by atoms with van der Waals surface area (Å²) in [6, 6.07) is 26.7. The molecule has 0 fully saturated rings. The van der Waals surface area contributed by atoms with Crippen molar-refractivity contribution < 1.29 is 9.15 Å². The number of para-hydroxylation sites is 1. The summed E-state index contributed by atoms with van der Waals surface area (Å²) in [7, 11) is 0. The largest absolute Gasteiger partial charge is 0.462 e. The molecule has 0 atom stereocenters. The van der Waals surface area contributed by atoms with E-state index >= 15 is 0 Å². The predicted octanol–water partition coefficient (Wildman–Crippen LogP) is 8.99. The average Bonchev–Trinajstić information content (AvgIpc) is 3.30. The van der Waals surface area contributed by atoms with E-state index in [9.17, 15) is 0 Å². The van der Waals surface area contributed by atoms with Gasteiger partial charge in [-0.1, -0.05) is 43.5 Å². The zero-order valence-electron chi connectivity index (χ0n) is 19.3. The molecular formula is C31H27NO2. The maximum Gasteiger partial charge on any atom is 0.135 e. The lowest BCUT2D eigenvalue weighted by molar-refractivity contribution is 0.363. The van der Waals surface area contributed by atoms with Gasteiger partial charge in [-0.15, -0.1) is 0 Å². The molecule has 168 valence electrons. The van der Waals surface area contributed by atoms with Crippen LogP contribution in [0.2, 0.25) is 0 Å². The van der Waals surface area contributed by atoms with Crippen LogP contribution in [0.25, 0.3) is 28.1 Å². The van der Waals surface area contributed by atoms with E-state index in [0.717, 1.165) is 63.5 Å². The fourth-order valence-corrected chi connectivity index (χ4v) is 4.17. The Morgan fingerprint density at radius 2 is 1.62 bits per heavy atom. The Kier molecular flexibility index (Phi) is 5.92. The molecule has 0 unspecified atom stereocenters. The predicted molar refractivity (Wildman–Crippen MR) is 142 cm³/mol. The van der Waals surface area contributed by atoms with Crippen LogP contribution in [-0.4, -0.2) is 0 Å². The van der Waals surface area contributed by atoms with Gasteiger partial charge in [-0.3, -0.25) is 0 Å². The Morgan fingerprint density at radius 1 is 0.912 bits per heavy atom. The fourth-order valence-electron chi connectivity index (χ4n) is 4.17. The van der Waals surface area contributed by atoms with Crippen LogP contribution in [-0.2, 0) is 4.74 Å². The van der Waals surface area contributed by atoms with E-state index < -0.39 is 0 Å². The molecule has 0 saturated carbocycles. The number of allylic oxidation sites excluding steroid dienone is 5. The smallest absolute Gasteiger partial charge is 0.135 e. The number of benzene rings is 3. The molecule has 0 radical (unpaired) electrons. The normalized spacial score (nSPS) is 12.9. The Balaban J connectivity index is 1.36. The van der Waals surface area contributed by atoms with E-state index in [0.29, 0.717) is 5.76 Å². The summed E-state index contributed by atoms with van der Waals surface area (Å²) in [5.74, 6) is 2.47. The van der Waals surface area contributed by atoms with Gasteiger partial charge < -0.3 is 14.1 Å². The van der Waals surface area contributed by atoms with Gasteiger partial charge >= 0.3 is 0 Å². The monoisotopic (exact) mass is 445 g/mol. The van der Waals surface area contributed by atoms with E-state index in [-0.39, 0.29) is 0 Å². The number of hydrogen-bond donors (Lipinski definition) is 0. The maximum absolute atomic E-state index is 6.02. The lowest BCUT2D eigenvalue weighted by Crippen LogP contribution is -2.13. The number of rotatable bonds is 7. The molecule has 0 amide bonds. The minimum Gasteiger partial charge on any atom is -0.462 e. The van der Waals surface area contributed by atoms with Gasteiger partial charge in [-0.2, -0.15) is 0 Å². The first kappa shape index (κ1) is 21.6. The third-order valence-electron chi connectivity index (χ3n) is 5.89. The van der Waals surface area contributed by atoms with E-state index in [4.69, 9.17) is 9.15 Å². The molecule has 1 aliphatic carbocycles. The number of nitrogens with zero attached hydrogens (tertiary/aromatic N) is 1. The zero-order chi connectivity index (χ0) is 23.5. The molecule has 3 aromatic carbocycles. The molecule has 5 rings (SSSR count). The highest BCUT2D eigenvalue weighted by molar-refractivity contribution is 5.83. The van der Waals surface area contributed by atoms with Crippen molar-refractivity contribution >= 4 is 28.1 Å². The van der Waals surface area contributed by atoms with Crippen LogP contribution < -0.4 is 4.90 Å². The van der Waals surface area contributed by atoms with E-state index in [2.05, 4.69) is 72.7 Å². The molecule has 0 aliphatic heterocycles. The quantitative estimate of drug-likeness (QED) is 0.265. The zero-order valence-corrected chi connectivity index (χ0v) is 19.3. The molecule has 34 heavy (non-hydrogen) atoms. The van der Waals surface area contributed by atoms with Gasteiger partial charge in [0.2, 0.25) is 0 Å². The summed E-state index contributed by atoms with van der Waals surface area (Å²) in [5, 5.41) is 1.10. The maximum atomic E-state index is 6.02. The van der Waals surface area contributed by atoms with Gasteiger partial charge in [0.1, 0.15) is 22.9 Å². The Hall–Kier alpha value is -4.24. The molecule has 1 aliphatic rings. The summed E-state index contributed by atoms with van der Waals surface area (Å²) in [5.41, 5.74) is 5.89. The van der Waals surface area contributed by atoms with Gasteiger partial charge in [-0.25, -0.2) is 0 Å². The molecule has 4 aromatic rings. The van der Waals surface area contributed by atoms with Gasteiger partial charge in [0.25, 0.3) is 0 Å². The molecular weight excluding hydrogens is 418 g/mol. The second-order valence-electron chi connectivity index (χ2n) is 8.44. The highest BCUT2D eigenvalue weighted by atomic mass is 16.5. The van der Waals surface area contributed by atoms with Crippen LogP contribution in [0.1, 0.15) is 25.3 Å². The second kappa shape index (κ2) is 9.32. The van der Waals surface area contributed by atoms with Crippen molar-refractivity contribution in [1.29, 1.82) is 0 Å².